The summed E-state index contributed by atoms with van der Waals surface area (Å²) in [6.07, 6.45) is -0.733. The molecule has 0 saturated carbocycles. The van der Waals surface area contributed by atoms with Gasteiger partial charge in [0.05, 0.1) is 23.7 Å². The van der Waals surface area contributed by atoms with Gasteiger partial charge in [0.1, 0.15) is 5.75 Å². The Morgan fingerprint density at radius 2 is 2.12 bits per heavy atom. The van der Waals surface area contributed by atoms with Crippen molar-refractivity contribution in [2.45, 2.75) is 26.4 Å². The second kappa shape index (κ2) is 9.03. The van der Waals surface area contributed by atoms with Gasteiger partial charge in [-0.1, -0.05) is 23.2 Å². The van der Waals surface area contributed by atoms with E-state index < -0.39 is 6.10 Å². The van der Waals surface area contributed by atoms with Crippen molar-refractivity contribution in [1.82, 2.24) is 4.98 Å². The van der Waals surface area contributed by atoms with Crippen LogP contribution in [0.3, 0.4) is 0 Å². The van der Waals surface area contributed by atoms with E-state index in [2.05, 4.69) is 10.3 Å². The minimum atomic E-state index is -0.795. The lowest BCUT2D eigenvalue weighted by atomic mass is 10.3. The van der Waals surface area contributed by atoms with E-state index in [9.17, 15) is 9.59 Å². The summed E-state index contributed by atoms with van der Waals surface area (Å²) in [6, 6.07) is 4.75. The number of amides is 1. The number of thiazole rings is 1. The SMILES string of the molecule is CCOC(=O)Cc1csc(NC(=O)C(C)Oc2ccc(Cl)cc2Cl)n1. The van der Waals surface area contributed by atoms with Crippen LogP contribution in [-0.4, -0.2) is 29.6 Å². The van der Waals surface area contributed by atoms with Gasteiger partial charge in [-0.15, -0.1) is 11.3 Å². The van der Waals surface area contributed by atoms with Crippen molar-refractivity contribution in [2.75, 3.05) is 11.9 Å². The Morgan fingerprint density at radius 1 is 1.36 bits per heavy atom. The van der Waals surface area contributed by atoms with Gasteiger partial charge in [0.15, 0.2) is 11.2 Å². The van der Waals surface area contributed by atoms with E-state index in [4.69, 9.17) is 32.7 Å². The van der Waals surface area contributed by atoms with Crippen LogP contribution in [0.1, 0.15) is 19.5 Å². The molecule has 0 saturated heterocycles. The van der Waals surface area contributed by atoms with E-state index in [1.807, 2.05) is 0 Å². The van der Waals surface area contributed by atoms with E-state index in [1.165, 1.54) is 17.4 Å². The summed E-state index contributed by atoms with van der Waals surface area (Å²) in [7, 11) is 0. The summed E-state index contributed by atoms with van der Waals surface area (Å²) >= 11 is 13.1. The number of nitrogens with zero attached hydrogens (tertiary/aromatic N) is 1. The van der Waals surface area contributed by atoms with Crippen molar-refractivity contribution in [3.05, 3.63) is 39.3 Å². The molecule has 1 heterocycles. The number of rotatable bonds is 7. The van der Waals surface area contributed by atoms with Crippen LogP contribution in [-0.2, 0) is 20.7 Å². The Kier molecular flexibility index (Phi) is 7.04. The highest BCUT2D eigenvalue weighted by atomic mass is 35.5. The van der Waals surface area contributed by atoms with Crippen LogP contribution in [0, 0.1) is 0 Å². The van der Waals surface area contributed by atoms with Gasteiger partial charge in [-0.25, -0.2) is 4.98 Å². The predicted molar refractivity (Wildman–Crippen MR) is 97.6 cm³/mol. The number of esters is 1. The molecule has 25 heavy (non-hydrogen) atoms. The Bertz CT molecular complexity index is 766. The van der Waals surface area contributed by atoms with E-state index in [1.54, 1.807) is 31.4 Å². The van der Waals surface area contributed by atoms with Crippen LogP contribution in [0.15, 0.2) is 23.6 Å². The van der Waals surface area contributed by atoms with Gasteiger partial charge in [0, 0.05) is 10.4 Å². The minimum absolute atomic E-state index is 0.0621. The summed E-state index contributed by atoms with van der Waals surface area (Å²) < 4.78 is 10.4. The molecule has 0 aliphatic carbocycles. The van der Waals surface area contributed by atoms with Crippen LogP contribution >= 0.6 is 34.5 Å². The molecule has 2 aromatic rings. The number of benzene rings is 1. The molecule has 1 aromatic carbocycles. The fourth-order valence-corrected chi connectivity index (χ4v) is 2.99. The summed E-state index contributed by atoms with van der Waals surface area (Å²) in [5.41, 5.74) is 0.535. The van der Waals surface area contributed by atoms with Crippen molar-refractivity contribution in [3.63, 3.8) is 0 Å². The number of aromatic nitrogens is 1. The highest BCUT2D eigenvalue weighted by Crippen LogP contribution is 2.28. The maximum Gasteiger partial charge on any atom is 0.311 e. The maximum atomic E-state index is 12.2. The van der Waals surface area contributed by atoms with Gasteiger partial charge < -0.3 is 9.47 Å². The second-order valence-electron chi connectivity index (χ2n) is 4.95. The number of hydrogen-bond acceptors (Lipinski definition) is 6. The van der Waals surface area contributed by atoms with Gasteiger partial charge in [-0.3, -0.25) is 14.9 Å². The number of carbonyl (C=O) groups excluding carboxylic acids is 2. The Labute approximate surface area is 159 Å². The maximum absolute atomic E-state index is 12.2. The molecule has 0 spiro atoms. The first-order chi connectivity index (χ1) is 11.9. The molecular formula is C16H16Cl2N2O4S. The Morgan fingerprint density at radius 3 is 2.80 bits per heavy atom. The highest BCUT2D eigenvalue weighted by Gasteiger charge is 2.18. The first-order valence-corrected chi connectivity index (χ1v) is 9.05. The zero-order chi connectivity index (χ0) is 18.4. The van der Waals surface area contributed by atoms with E-state index in [0.717, 1.165) is 0 Å². The molecule has 0 bridgehead atoms. The zero-order valence-corrected chi connectivity index (χ0v) is 15.9. The molecule has 0 aliphatic heterocycles. The van der Waals surface area contributed by atoms with E-state index >= 15 is 0 Å². The largest absolute Gasteiger partial charge is 0.479 e. The smallest absolute Gasteiger partial charge is 0.311 e. The van der Waals surface area contributed by atoms with Crippen molar-refractivity contribution in [1.29, 1.82) is 0 Å². The van der Waals surface area contributed by atoms with Gasteiger partial charge >= 0.3 is 5.97 Å². The Balaban J connectivity index is 1.92. The lowest BCUT2D eigenvalue weighted by Crippen LogP contribution is -2.30. The van der Waals surface area contributed by atoms with Crippen LogP contribution in [0.2, 0.25) is 10.0 Å². The number of carbonyl (C=O) groups is 2. The number of halogens is 2. The lowest BCUT2D eigenvalue weighted by molar-refractivity contribution is -0.142. The van der Waals surface area contributed by atoms with Crippen LogP contribution < -0.4 is 10.1 Å². The third-order valence-electron chi connectivity index (χ3n) is 2.98. The monoisotopic (exact) mass is 402 g/mol. The molecule has 0 aliphatic rings. The molecule has 1 aromatic heterocycles. The zero-order valence-electron chi connectivity index (χ0n) is 13.5. The molecule has 1 amide bonds. The van der Waals surface area contributed by atoms with Crippen LogP contribution in [0.25, 0.3) is 0 Å². The normalized spacial score (nSPS) is 11.7. The lowest BCUT2D eigenvalue weighted by Gasteiger charge is -2.14. The molecule has 134 valence electrons. The molecule has 1 atom stereocenters. The summed E-state index contributed by atoms with van der Waals surface area (Å²) in [5, 5.41) is 5.50. The molecule has 9 heteroatoms. The molecular weight excluding hydrogens is 387 g/mol. The van der Waals surface area contributed by atoms with Crippen molar-refractivity contribution in [2.24, 2.45) is 0 Å². The molecule has 2 rings (SSSR count). The third kappa shape index (κ3) is 5.88. The summed E-state index contributed by atoms with van der Waals surface area (Å²) in [6.45, 7) is 3.64. The number of hydrogen-bond donors (Lipinski definition) is 1. The molecule has 1 N–H and O–H groups in total. The van der Waals surface area contributed by atoms with Crippen LogP contribution in [0.5, 0.6) is 5.75 Å². The fourth-order valence-electron chi connectivity index (χ4n) is 1.83. The standard InChI is InChI=1S/C16H16Cl2N2O4S/c1-3-23-14(21)7-11-8-25-16(19-11)20-15(22)9(2)24-13-5-4-10(17)6-12(13)18/h4-6,8-9H,3,7H2,1-2H3,(H,19,20,22). The molecule has 6 nitrogen and oxygen atoms in total. The average molecular weight is 403 g/mol. The quantitative estimate of drug-likeness (QED) is 0.709. The Hall–Kier alpha value is -1.83. The topological polar surface area (TPSA) is 77.5 Å². The van der Waals surface area contributed by atoms with Crippen molar-refractivity contribution < 1.29 is 19.1 Å². The predicted octanol–water partition coefficient (Wildman–Crippen LogP) is 3.96. The molecule has 1 unspecified atom stereocenters. The second-order valence-corrected chi connectivity index (χ2v) is 6.65. The van der Waals surface area contributed by atoms with Gasteiger partial charge in [-0.2, -0.15) is 0 Å². The van der Waals surface area contributed by atoms with Crippen molar-refractivity contribution >= 4 is 51.5 Å². The van der Waals surface area contributed by atoms with Gasteiger partial charge in [0.25, 0.3) is 5.91 Å². The third-order valence-corrected chi connectivity index (χ3v) is 4.32. The fraction of sp³-hybridized carbons (Fsp3) is 0.312. The van der Waals surface area contributed by atoms with Gasteiger partial charge in [-0.05, 0) is 32.0 Å². The first kappa shape index (κ1) is 19.5. The summed E-state index contributed by atoms with van der Waals surface area (Å²) in [5.74, 6) is -0.390. The number of anilines is 1. The van der Waals surface area contributed by atoms with Crippen LogP contribution in [0.4, 0.5) is 5.13 Å². The van der Waals surface area contributed by atoms with E-state index in [0.29, 0.717) is 33.2 Å². The minimum Gasteiger partial charge on any atom is -0.479 e. The van der Waals surface area contributed by atoms with Crippen molar-refractivity contribution in [3.8, 4) is 5.75 Å². The number of ether oxygens (including phenoxy) is 2. The van der Waals surface area contributed by atoms with Gasteiger partial charge in [0.2, 0.25) is 0 Å². The van der Waals surface area contributed by atoms with E-state index in [-0.39, 0.29) is 18.3 Å². The summed E-state index contributed by atoms with van der Waals surface area (Å²) in [4.78, 5) is 27.8. The average Bonchev–Trinajstić information content (AvgIpc) is 2.97. The highest BCUT2D eigenvalue weighted by molar-refractivity contribution is 7.13. The molecule has 0 fully saturated rings. The number of nitrogens with one attached hydrogen (secondary N) is 1. The molecule has 0 radical (unpaired) electrons. The first-order valence-electron chi connectivity index (χ1n) is 7.41.